The number of rotatable bonds is 6. The molecule has 5 rings (SSSR count). The van der Waals surface area contributed by atoms with Crippen molar-refractivity contribution in [1.29, 1.82) is 0 Å². The van der Waals surface area contributed by atoms with Gasteiger partial charge in [-0.2, -0.15) is 0 Å². The fraction of sp³-hybridized carbons (Fsp3) is 0.370. The maximum atomic E-state index is 13.6. The van der Waals surface area contributed by atoms with Crippen LogP contribution in [0.4, 0.5) is 4.79 Å². The quantitative estimate of drug-likeness (QED) is 0.554. The van der Waals surface area contributed by atoms with Gasteiger partial charge in [-0.05, 0) is 55.0 Å². The lowest BCUT2D eigenvalue weighted by atomic mass is 9.85. The Labute approximate surface area is 204 Å². The number of aromatic amines is 1. The number of hydrogen-bond acceptors (Lipinski definition) is 5. The summed E-state index contributed by atoms with van der Waals surface area (Å²) in [5, 5.41) is 0.998. The van der Waals surface area contributed by atoms with E-state index < -0.39 is 5.54 Å². The second kappa shape index (κ2) is 9.19. The molecule has 2 saturated heterocycles. The Bertz CT molecular complexity index is 1330. The first-order chi connectivity index (χ1) is 16.9. The van der Waals surface area contributed by atoms with Crippen LogP contribution in [-0.2, 0) is 17.9 Å². The molecule has 1 spiro atoms. The Morgan fingerprint density at radius 3 is 2.49 bits per heavy atom. The van der Waals surface area contributed by atoms with Gasteiger partial charge in [0, 0.05) is 37.3 Å². The van der Waals surface area contributed by atoms with Gasteiger partial charge < -0.3 is 14.6 Å². The van der Waals surface area contributed by atoms with Gasteiger partial charge in [0.25, 0.3) is 11.5 Å². The van der Waals surface area contributed by atoms with E-state index in [1.807, 2.05) is 61.5 Å². The van der Waals surface area contributed by atoms with Gasteiger partial charge in [-0.25, -0.2) is 4.79 Å². The molecular weight excluding hydrogens is 444 g/mol. The van der Waals surface area contributed by atoms with Crippen LogP contribution in [0.1, 0.15) is 30.9 Å². The number of urea groups is 1. The first kappa shape index (κ1) is 23.1. The maximum absolute atomic E-state index is 13.6. The standard InChI is InChI=1S/C27H30N4O4/c1-3-31-26(34)30(17-19-7-6-9-22(15-19)35-2)25(33)27(31)11-13-29(14-12-27)18-21-16-20-8-4-5-10-23(20)28-24(21)32/h4-10,15-16H,3,11-14,17-18H2,1-2H3,(H,28,32). The number of aromatic nitrogens is 1. The molecule has 8 nitrogen and oxygen atoms in total. The maximum Gasteiger partial charge on any atom is 0.327 e. The van der Waals surface area contributed by atoms with E-state index in [0.717, 1.165) is 16.5 Å². The highest BCUT2D eigenvalue weighted by Gasteiger charge is 2.57. The molecule has 3 amide bonds. The number of methoxy groups -OCH3 is 1. The normalized spacial score (nSPS) is 18.1. The molecule has 182 valence electrons. The number of hydrogen-bond donors (Lipinski definition) is 1. The van der Waals surface area contributed by atoms with Crippen molar-refractivity contribution in [3.63, 3.8) is 0 Å². The molecule has 0 unspecified atom stereocenters. The van der Waals surface area contributed by atoms with Crippen LogP contribution in [0.3, 0.4) is 0 Å². The van der Waals surface area contributed by atoms with Crippen molar-refractivity contribution in [2.75, 3.05) is 26.7 Å². The summed E-state index contributed by atoms with van der Waals surface area (Å²) < 4.78 is 5.29. The second-order valence-electron chi connectivity index (χ2n) is 9.29. The predicted molar refractivity (Wildman–Crippen MR) is 133 cm³/mol. The summed E-state index contributed by atoms with van der Waals surface area (Å²) in [5.74, 6) is 0.566. The lowest BCUT2D eigenvalue weighted by Gasteiger charge is -2.41. The molecule has 2 aliphatic rings. The fourth-order valence-corrected chi connectivity index (χ4v) is 5.43. The number of imide groups is 1. The van der Waals surface area contributed by atoms with Gasteiger partial charge in [0.05, 0.1) is 13.7 Å². The molecule has 0 saturated carbocycles. The highest BCUT2D eigenvalue weighted by atomic mass is 16.5. The molecule has 2 aliphatic heterocycles. The van der Waals surface area contributed by atoms with Gasteiger partial charge in [0.15, 0.2) is 0 Å². The number of carbonyl (C=O) groups is 2. The zero-order chi connectivity index (χ0) is 24.6. The minimum atomic E-state index is -0.822. The monoisotopic (exact) mass is 474 g/mol. The van der Waals surface area contributed by atoms with Gasteiger partial charge in [-0.1, -0.05) is 30.3 Å². The van der Waals surface area contributed by atoms with Gasteiger partial charge in [0.1, 0.15) is 11.3 Å². The van der Waals surface area contributed by atoms with Crippen molar-refractivity contribution in [3.05, 3.63) is 76.1 Å². The van der Waals surface area contributed by atoms with Crippen LogP contribution in [0.2, 0.25) is 0 Å². The van der Waals surface area contributed by atoms with Crippen molar-refractivity contribution in [3.8, 4) is 5.75 Å². The number of piperidine rings is 1. The number of amides is 3. The number of nitrogens with one attached hydrogen (secondary N) is 1. The van der Waals surface area contributed by atoms with Crippen LogP contribution in [-0.4, -0.2) is 63.9 Å². The predicted octanol–water partition coefficient (Wildman–Crippen LogP) is 3.36. The SMILES string of the molecule is CCN1C(=O)N(Cc2cccc(OC)c2)C(=O)C12CCN(Cc1cc3ccccc3[nH]c1=O)CC2. The van der Waals surface area contributed by atoms with Crippen LogP contribution in [0.5, 0.6) is 5.75 Å². The number of nitrogens with zero attached hydrogens (tertiary/aromatic N) is 3. The topological polar surface area (TPSA) is 85.9 Å². The fourth-order valence-electron chi connectivity index (χ4n) is 5.43. The molecule has 35 heavy (non-hydrogen) atoms. The number of likely N-dealkylation sites (N-methyl/N-ethyl adjacent to an activating group) is 1. The molecule has 0 aliphatic carbocycles. The first-order valence-corrected chi connectivity index (χ1v) is 12.0. The minimum Gasteiger partial charge on any atom is -0.497 e. The first-order valence-electron chi connectivity index (χ1n) is 12.0. The average Bonchev–Trinajstić information content (AvgIpc) is 3.06. The van der Waals surface area contributed by atoms with Crippen LogP contribution in [0.25, 0.3) is 10.9 Å². The number of fused-ring (bicyclic) bond motifs is 1. The summed E-state index contributed by atoms with van der Waals surface area (Å²) in [6, 6.07) is 16.9. The van der Waals surface area contributed by atoms with Crippen molar-refractivity contribution in [2.45, 2.75) is 38.4 Å². The van der Waals surface area contributed by atoms with Gasteiger partial charge in [-0.15, -0.1) is 0 Å². The van der Waals surface area contributed by atoms with Crippen molar-refractivity contribution in [2.24, 2.45) is 0 Å². The van der Waals surface area contributed by atoms with Gasteiger partial charge in [-0.3, -0.25) is 19.4 Å². The molecule has 3 heterocycles. The van der Waals surface area contributed by atoms with E-state index in [1.54, 1.807) is 12.0 Å². The Morgan fingerprint density at radius 2 is 1.74 bits per heavy atom. The van der Waals surface area contributed by atoms with E-state index in [2.05, 4.69) is 9.88 Å². The van der Waals surface area contributed by atoms with E-state index >= 15 is 0 Å². The average molecular weight is 475 g/mol. The summed E-state index contributed by atoms with van der Waals surface area (Å²) in [6.07, 6.45) is 1.09. The molecule has 0 atom stereocenters. The molecule has 2 fully saturated rings. The molecule has 3 aromatic rings. The number of ether oxygens (including phenoxy) is 1. The minimum absolute atomic E-state index is 0.0873. The van der Waals surface area contributed by atoms with E-state index in [0.29, 0.717) is 50.3 Å². The van der Waals surface area contributed by atoms with Crippen molar-refractivity contribution in [1.82, 2.24) is 19.7 Å². The van der Waals surface area contributed by atoms with Crippen molar-refractivity contribution < 1.29 is 14.3 Å². The summed E-state index contributed by atoms with van der Waals surface area (Å²) in [7, 11) is 1.60. The Balaban J connectivity index is 1.32. The molecule has 2 aromatic carbocycles. The smallest absolute Gasteiger partial charge is 0.327 e. The van der Waals surface area contributed by atoms with Crippen molar-refractivity contribution >= 4 is 22.8 Å². The molecule has 1 N–H and O–H groups in total. The number of carbonyl (C=O) groups excluding carboxylic acids is 2. The van der Waals surface area contributed by atoms with Gasteiger partial charge in [0.2, 0.25) is 0 Å². The number of benzene rings is 2. The molecule has 8 heteroatoms. The van der Waals surface area contributed by atoms with Crippen LogP contribution >= 0.6 is 0 Å². The van der Waals surface area contributed by atoms with Crippen LogP contribution in [0, 0.1) is 0 Å². The summed E-state index contributed by atoms with van der Waals surface area (Å²) >= 11 is 0. The zero-order valence-electron chi connectivity index (χ0n) is 20.1. The van der Waals surface area contributed by atoms with Crippen LogP contribution in [0.15, 0.2) is 59.4 Å². The number of pyridine rings is 1. The summed E-state index contributed by atoms with van der Waals surface area (Å²) in [5.41, 5.74) is 1.48. The van der Waals surface area contributed by atoms with E-state index in [1.165, 1.54) is 4.90 Å². The summed E-state index contributed by atoms with van der Waals surface area (Å²) in [6.45, 7) is 4.40. The highest BCUT2D eigenvalue weighted by Crippen LogP contribution is 2.38. The number of H-pyrrole nitrogens is 1. The Kier molecular flexibility index (Phi) is 6.06. The third-order valence-corrected chi connectivity index (χ3v) is 7.32. The lowest BCUT2D eigenvalue weighted by Crippen LogP contribution is -2.56. The molecule has 0 bridgehead atoms. The third kappa shape index (κ3) is 4.08. The highest BCUT2D eigenvalue weighted by molar-refractivity contribution is 6.07. The third-order valence-electron chi connectivity index (χ3n) is 7.32. The summed E-state index contributed by atoms with van der Waals surface area (Å²) in [4.78, 5) is 47.8. The number of likely N-dealkylation sites (tertiary alicyclic amines) is 1. The van der Waals surface area contributed by atoms with Crippen LogP contribution < -0.4 is 10.3 Å². The Morgan fingerprint density at radius 1 is 0.971 bits per heavy atom. The molecule has 1 aromatic heterocycles. The van der Waals surface area contributed by atoms with E-state index in [4.69, 9.17) is 4.74 Å². The van der Waals surface area contributed by atoms with E-state index in [-0.39, 0.29) is 24.0 Å². The molecule has 0 radical (unpaired) electrons. The number of para-hydroxylation sites is 1. The second-order valence-corrected chi connectivity index (χ2v) is 9.29. The van der Waals surface area contributed by atoms with Gasteiger partial charge >= 0.3 is 6.03 Å². The zero-order valence-corrected chi connectivity index (χ0v) is 20.1. The Hall–Kier alpha value is -3.65. The largest absolute Gasteiger partial charge is 0.497 e. The van der Waals surface area contributed by atoms with E-state index in [9.17, 15) is 14.4 Å². The lowest BCUT2D eigenvalue weighted by molar-refractivity contribution is -0.136. The molecular formula is C27H30N4O4.